The molecule has 5 nitrogen and oxygen atoms in total. The Morgan fingerprint density at radius 3 is 2.82 bits per heavy atom. The summed E-state index contributed by atoms with van der Waals surface area (Å²) in [5.74, 6) is 0.283. The van der Waals surface area contributed by atoms with Gasteiger partial charge in [0.1, 0.15) is 22.4 Å². The van der Waals surface area contributed by atoms with E-state index >= 15 is 0 Å². The Morgan fingerprint density at radius 2 is 2.14 bits per heavy atom. The molecule has 1 amide bonds. The number of nitrogens with zero attached hydrogens (tertiary/aromatic N) is 2. The molecule has 1 aromatic heterocycles. The number of likely N-dealkylation sites (tertiary alicyclic amines) is 1. The lowest BCUT2D eigenvalue weighted by Gasteiger charge is -2.28. The maximum absolute atomic E-state index is 12.2. The molecule has 1 aliphatic rings. The number of hydrogen-bond donors (Lipinski definition) is 0. The Bertz CT molecular complexity index is 546. The van der Waals surface area contributed by atoms with E-state index < -0.39 is 5.60 Å². The standard InChI is InChI=1S/C15H20Cl2N2O3/c1-15(2,3)22-14(20)19-8-4-5-10(19)9-21-13-11(16)6-7-12(17)18-13/h6-7,10H,4-5,8-9H2,1-3H3. The third-order valence-electron chi connectivity index (χ3n) is 3.20. The Hall–Kier alpha value is -1.20. The number of aromatic nitrogens is 1. The van der Waals surface area contributed by atoms with Crippen LogP contribution in [-0.4, -0.2) is 40.8 Å². The number of carbonyl (C=O) groups excluding carboxylic acids is 1. The molecule has 0 aliphatic carbocycles. The summed E-state index contributed by atoms with van der Waals surface area (Å²) < 4.78 is 11.1. The van der Waals surface area contributed by atoms with Crippen LogP contribution in [0.1, 0.15) is 33.6 Å². The highest BCUT2D eigenvalue weighted by Gasteiger charge is 2.32. The first-order valence-corrected chi connectivity index (χ1v) is 7.96. The van der Waals surface area contributed by atoms with Crippen molar-refractivity contribution in [1.29, 1.82) is 0 Å². The highest BCUT2D eigenvalue weighted by Crippen LogP contribution is 2.26. The summed E-state index contributed by atoms with van der Waals surface area (Å²) in [6, 6.07) is 3.18. The van der Waals surface area contributed by atoms with Gasteiger partial charge in [-0.1, -0.05) is 23.2 Å². The normalized spacial score (nSPS) is 18.4. The predicted molar refractivity (Wildman–Crippen MR) is 85.7 cm³/mol. The first kappa shape index (κ1) is 17.2. The summed E-state index contributed by atoms with van der Waals surface area (Å²) >= 11 is 11.8. The zero-order valence-corrected chi connectivity index (χ0v) is 14.4. The average molecular weight is 347 g/mol. The van der Waals surface area contributed by atoms with Gasteiger partial charge in [-0.05, 0) is 45.7 Å². The van der Waals surface area contributed by atoms with Crippen molar-refractivity contribution in [2.24, 2.45) is 0 Å². The molecule has 1 saturated heterocycles. The van der Waals surface area contributed by atoms with E-state index in [1.807, 2.05) is 20.8 Å². The van der Waals surface area contributed by atoms with Crippen LogP contribution in [0.3, 0.4) is 0 Å². The maximum atomic E-state index is 12.2. The Balaban J connectivity index is 1.97. The molecular formula is C15H20Cl2N2O3. The molecule has 1 unspecified atom stereocenters. The minimum absolute atomic E-state index is 0.0494. The minimum atomic E-state index is -0.511. The summed E-state index contributed by atoms with van der Waals surface area (Å²) in [6.07, 6.45) is 1.46. The van der Waals surface area contributed by atoms with E-state index in [4.69, 9.17) is 32.7 Å². The molecule has 0 spiro atoms. The van der Waals surface area contributed by atoms with E-state index in [1.54, 1.807) is 17.0 Å². The van der Waals surface area contributed by atoms with Gasteiger partial charge < -0.3 is 14.4 Å². The fourth-order valence-electron chi connectivity index (χ4n) is 2.25. The number of carbonyl (C=O) groups is 1. The SMILES string of the molecule is CC(C)(C)OC(=O)N1CCCC1COc1nc(Cl)ccc1Cl. The van der Waals surface area contributed by atoms with E-state index in [-0.39, 0.29) is 18.0 Å². The van der Waals surface area contributed by atoms with Gasteiger partial charge in [0.15, 0.2) is 0 Å². The van der Waals surface area contributed by atoms with Crippen LogP contribution in [0.4, 0.5) is 4.79 Å². The molecule has 1 atom stereocenters. The number of halogens is 2. The smallest absolute Gasteiger partial charge is 0.410 e. The van der Waals surface area contributed by atoms with Crippen molar-refractivity contribution in [3.05, 3.63) is 22.3 Å². The van der Waals surface area contributed by atoms with Crippen molar-refractivity contribution in [3.8, 4) is 5.88 Å². The fourth-order valence-corrected chi connectivity index (χ4v) is 2.55. The largest absolute Gasteiger partial charge is 0.474 e. The van der Waals surface area contributed by atoms with Crippen molar-refractivity contribution >= 4 is 29.3 Å². The van der Waals surface area contributed by atoms with Gasteiger partial charge in [-0.25, -0.2) is 9.78 Å². The lowest BCUT2D eigenvalue weighted by atomic mass is 10.2. The van der Waals surface area contributed by atoms with Crippen LogP contribution in [0.15, 0.2) is 12.1 Å². The van der Waals surface area contributed by atoms with Gasteiger partial charge in [0, 0.05) is 6.54 Å². The van der Waals surface area contributed by atoms with Crippen LogP contribution in [0.5, 0.6) is 5.88 Å². The highest BCUT2D eigenvalue weighted by molar-refractivity contribution is 6.33. The molecule has 22 heavy (non-hydrogen) atoms. The Morgan fingerprint density at radius 1 is 1.41 bits per heavy atom. The monoisotopic (exact) mass is 346 g/mol. The van der Waals surface area contributed by atoms with Crippen LogP contribution < -0.4 is 4.74 Å². The van der Waals surface area contributed by atoms with Crippen LogP contribution in [0.2, 0.25) is 10.2 Å². The molecule has 2 heterocycles. The molecule has 7 heteroatoms. The summed E-state index contributed by atoms with van der Waals surface area (Å²) in [4.78, 5) is 17.9. The number of ether oxygens (including phenoxy) is 2. The van der Waals surface area contributed by atoms with Gasteiger partial charge in [0.25, 0.3) is 0 Å². The maximum Gasteiger partial charge on any atom is 0.410 e. The fraction of sp³-hybridized carbons (Fsp3) is 0.600. The van der Waals surface area contributed by atoms with Crippen LogP contribution >= 0.6 is 23.2 Å². The Kier molecular flexibility index (Phi) is 5.40. The van der Waals surface area contributed by atoms with Gasteiger partial charge in [-0.2, -0.15) is 0 Å². The Labute approximate surface area is 140 Å². The third-order valence-corrected chi connectivity index (χ3v) is 3.70. The van der Waals surface area contributed by atoms with Crippen LogP contribution in [0.25, 0.3) is 0 Å². The van der Waals surface area contributed by atoms with Crippen LogP contribution in [0, 0.1) is 0 Å². The molecule has 2 rings (SSSR count). The zero-order chi connectivity index (χ0) is 16.3. The quantitative estimate of drug-likeness (QED) is 0.770. The van der Waals surface area contributed by atoms with Gasteiger partial charge in [0.2, 0.25) is 5.88 Å². The van der Waals surface area contributed by atoms with Crippen LogP contribution in [-0.2, 0) is 4.74 Å². The van der Waals surface area contributed by atoms with Crippen molar-refractivity contribution in [3.63, 3.8) is 0 Å². The van der Waals surface area contributed by atoms with E-state index in [2.05, 4.69) is 4.98 Å². The topological polar surface area (TPSA) is 51.7 Å². The summed E-state index contributed by atoms with van der Waals surface area (Å²) in [7, 11) is 0. The van der Waals surface area contributed by atoms with Crippen molar-refractivity contribution < 1.29 is 14.3 Å². The molecule has 122 valence electrons. The molecule has 1 aromatic rings. The van der Waals surface area contributed by atoms with Gasteiger partial charge in [0.05, 0.1) is 6.04 Å². The second kappa shape index (κ2) is 6.92. The number of amides is 1. The van der Waals surface area contributed by atoms with E-state index in [9.17, 15) is 4.79 Å². The van der Waals surface area contributed by atoms with E-state index in [0.717, 1.165) is 12.8 Å². The van der Waals surface area contributed by atoms with Crippen molar-refractivity contribution in [1.82, 2.24) is 9.88 Å². The lowest BCUT2D eigenvalue weighted by Crippen LogP contribution is -2.42. The van der Waals surface area contributed by atoms with Crippen molar-refractivity contribution in [2.75, 3.05) is 13.2 Å². The third kappa shape index (κ3) is 4.65. The minimum Gasteiger partial charge on any atom is -0.474 e. The van der Waals surface area contributed by atoms with E-state index in [1.165, 1.54) is 0 Å². The van der Waals surface area contributed by atoms with Gasteiger partial charge in [-0.3, -0.25) is 0 Å². The van der Waals surface area contributed by atoms with Gasteiger partial charge in [-0.15, -0.1) is 0 Å². The molecule has 0 N–H and O–H groups in total. The summed E-state index contributed by atoms with van der Waals surface area (Å²) in [5.41, 5.74) is -0.511. The second-order valence-electron chi connectivity index (χ2n) is 6.20. The highest BCUT2D eigenvalue weighted by atomic mass is 35.5. The first-order valence-electron chi connectivity index (χ1n) is 7.21. The summed E-state index contributed by atoms with van der Waals surface area (Å²) in [5, 5.41) is 0.709. The molecule has 0 bridgehead atoms. The molecule has 0 radical (unpaired) electrons. The predicted octanol–water partition coefficient (Wildman–Crippen LogP) is 4.17. The lowest BCUT2D eigenvalue weighted by molar-refractivity contribution is 0.0186. The van der Waals surface area contributed by atoms with E-state index in [0.29, 0.717) is 23.3 Å². The molecule has 1 fully saturated rings. The molecule has 1 aliphatic heterocycles. The number of rotatable bonds is 3. The molecular weight excluding hydrogens is 327 g/mol. The second-order valence-corrected chi connectivity index (χ2v) is 7.00. The summed E-state index contributed by atoms with van der Waals surface area (Å²) in [6.45, 7) is 6.53. The molecule has 0 saturated carbocycles. The van der Waals surface area contributed by atoms with Crippen molar-refractivity contribution in [2.45, 2.75) is 45.3 Å². The number of pyridine rings is 1. The van der Waals surface area contributed by atoms with Gasteiger partial charge >= 0.3 is 6.09 Å². The number of hydrogen-bond acceptors (Lipinski definition) is 4. The zero-order valence-electron chi connectivity index (χ0n) is 12.9. The first-order chi connectivity index (χ1) is 10.3. The average Bonchev–Trinajstić information content (AvgIpc) is 2.86. The molecule has 0 aromatic carbocycles.